The molecule has 0 radical (unpaired) electrons. The molecule has 0 atom stereocenters. The van der Waals surface area contributed by atoms with Gasteiger partial charge >= 0.3 is 6.09 Å². The number of nitrogens with zero attached hydrogens (tertiary/aromatic N) is 3. The van der Waals surface area contributed by atoms with E-state index in [1.165, 1.54) is 16.4 Å². The Morgan fingerprint density at radius 1 is 1.00 bits per heavy atom. The molecule has 0 unspecified atom stereocenters. The second kappa shape index (κ2) is 9.55. The van der Waals surface area contributed by atoms with E-state index in [1.54, 1.807) is 24.0 Å². The van der Waals surface area contributed by atoms with Crippen LogP contribution in [0.3, 0.4) is 0 Å². The van der Waals surface area contributed by atoms with E-state index in [1.807, 2.05) is 4.90 Å². The molecule has 2 amide bonds. The van der Waals surface area contributed by atoms with Crippen LogP contribution >= 0.6 is 0 Å². The van der Waals surface area contributed by atoms with Gasteiger partial charge in [0.25, 0.3) is 0 Å². The number of hydrogen-bond acceptors (Lipinski definition) is 6. The smallest absolute Gasteiger partial charge is 0.409 e. The van der Waals surface area contributed by atoms with Gasteiger partial charge in [0, 0.05) is 45.0 Å². The van der Waals surface area contributed by atoms with Crippen molar-refractivity contribution >= 4 is 27.7 Å². The highest BCUT2D eigenvalue weighted by molar-refractivity contribution is 7.89. The minimum atomic E-state index is -3.45. The van der Waals surface area contributed by atoms with Gasteiger partial charge in [-0.2, -0.15) is 4.31 Å². The second-order valence-corrected chi connectivity index (χ2v) is 9.08. The minimum absolute atomic E-state index is 0.176. The Balaban J connectivity index is 1.48. The van der Waals surface area contributed by atoms with Gasteiger partial charge in [-0.05, 0) is 44.0 Å². The monoisotopic (exact) mass is 424 g/mol. The van der Waals surface area contributed by atoms with E-state index in [9.17, 15) is 18.0 Å². The summed E-state index contributed by atoms with van der Waals surface area (Å²) in [7, 11) is -3.45. The van der Waals surface area contributed by atoms with Crippen LogP contribution in [0.4, 0.5) is 10.5 Å². The number of amides is 2. The van der Waals surface area contributed by atoms with Crippen LogP contribution in [-0.4, -0.2) is 86.9 Å². The van der Waals surface area contributed by atoms with E-state index in [2.05, 4.69) is 5.32 Å². The Bertz CT molecular complexity index is 814. The molecule has 2 aliphatic heterocycles. The maximum atomic E-state index is 12.5. The third-order valence-electron chi connectivity index (χ3n) is 5.11. The number of anilines is 1. The molecule has 160 valence electrons. The van der Waals surface area contributed by atoms with Gasteiger partial charge in [0.15, 0.2) is 0 Å². The van der Waals surface area contributed by atoms with Crippen LogP contribution in [0.2, 0.25) is 0 Å². The molecule has 1 aromatic rings. The SMILES string of the molecule is CCOC(=O)N1CCN(CC(=O)Nc2ccc(S(=O)(=O)N3CCCC3)cc2)CC1. The Kier molecular flexibility index (Phi) is 7.09. The molecule has 0 aliphatic carbocycles. The quantitative estimate of drug-likeness (QED) is 0.736. The average Bonchev–Trinajstić information content (AvgIpc) is 3.25. The molecular weight excluding hydrogens is 396 g/mol. The molecule has 0 bridgehead atoms. The normalized spacial score (nSPS) is 18.6. The summed E-state index contributed by atoms with van der Waals surface area (Å²) in [5.41, 5.74) is 0.556. The molecule has 0 spiro atoms. The number of piperazine rings is 1. The lowest BCUT2D eigenvalue weighted by atomic mass is 10.3. The van der Waals surface area contributed by atoms with Crippen molar-refractivity contribution in [3.63, 3.8) is 0 Å². The molecule has 10 heteroatoms. The Morgan fingerprint density at radius 3 is 2.21 bits per heavy atom. The Morgan fingerprint density at radius 2 is 1.62 bits per heavy atom. The zero-order valence-corrected chi connectivity index (χ0v) is 17.5. The molecular formula is C19H28N4O5S. The van der Waals surface area contributed by atoms with Gasteiger partial charge in [-0.15, -0.1) is 0 Å². The van der Waals surface area contributed by atoms with Gasteiger partial charge in [0.1, 0.15) is 0 Å². The van der Waals surface area contributed by atoms with Crippen LogP contribution < -0.4 is 5.32 Å². The molecule has 2 aliphatic rings. The minimum Gasteiger partial charge on any atom is -0.450 e. The average molecular weight is 425 g/mol. The number of sulfonamides is 1. The maximum absolute atomic E-state index is 12.5. The third-order valence-corrected chi connectivity index (χ3v) is 7.02. The van der Waals surface area contributed by atoms with Gasteiger partial charge in [-0.3, -0.25) is 9.69 Å². The maximum Gasteiger partial charge on any atom is 0.409 e. The summed E-state index contributed by atoms with van der Waals surface area (Å²) in [6.45, 7) is 5.69. The number of ether oxygens (including phenoxy) is 1. The number of carbonyl (C=O) groups is 2. The second-order valence-electron chi connectivity index (χ2n) is 7.15. The van der Waals surface area contributed by atoms with Crippen molar-refractivity contribution in [2.75, 3.05) is 57.7 Å². The molecule has 1 aromatic carbocycles. The molecule has 3 rings (SSSR count). The lowest BCUT2D eigenvalue weighted by Crippen LogP contribution is -2.50. The van der Waals surface area contributed by atoms with Crippen molar-refractivity contribution in [3.8, 4) is 0 Å². The largest absolute Gasteiger partial charge is 0.450 e. The van der Waals surface area contributed by atoms with Crippen LogP contribution in [-0.2, 0) is 19.6 Å². The lowest BCUT2D eigenvalue weighted by Gasteiger charge is -2.33. The summed E-state index contributed by atoms with van der Waals surface area (Å²) in [5, 5.41) is 2.80. The molecule has 1 N–H and O–H groups in total. The molecule has 0 aromatic heterocycles. The predicted octanol–water partition coefficient (Wildman–Crippen LogP) is 1.18. The Hall–Kier alpha value is -2.17. The van der Waals surface area contributed by atoms with Gasteiger partial charge in [0.05, 0.1) is 18.0 Å². The van der Waals surface area contributed by atoms with Crippen LogP contribution in [0.25, 0.3) is 0 Å². The molecule has 29 heavy (non-hydrogen) atoms. The molecule has 2 fully saturated rings. The first kappa shape index (κ1) is 21.5. The summed E-state index contributed by atoms with van der Waals surface area (Å²) in [6, 6.07) is 6.28. The third kappa shape index (κ3) is 5.46. The molecule has 9 nitrogen and oxygen atoms in total. The zero-order chi connectivity index (χ0) is 20.9. The van der Waals surface area contributed by atoms with Crippen LogP contribution in [0.15, 0.2) is 29.2 Å². The van der Waals surface area contributed by atoms with E-state index in [4.69, 9.17) is 4.74 Å². The number of benzene rings is 1. The van der Waals surface area contributed by atoms with E-state index in [-0.39, 0.29) is 23.4 Å². The van der Waals surface area contributed by atoms with Crippen molar-refractivity contribution < 1.29 is 22.7 Å². The molecule has 0 saturated carbocycles. The first-order valence-electron chi connectivity index (χ1n) is 9.94. The van der Waals surface area contributed by atoms with Gasteiger partial charge in [-0.25, -0.2) is 13.2 Å². The van der Waals surface area contributed by atoms with E-state index < -0.39 is 10.0 Å². The predicted molar refractivity (Wildman–Crippen MR) is 108 cm³/mol. The first-order valence-corrected chi connectivity index (χ1v) is 11.4. The fraction of sp³-hybridized carbons (Fsp3) is 0.579. The van der Waals surface area contributed by atoms with E-state index in [0.29, 0.717) is 51.6 Å². The number of rotatable bonds is 6. The van der Waals surface area contributed by atoms with Crippen LogP contribution in [0, 0.1) is 0 Å². The lowest BCUT2D eigenvalue weighted by molar-refractivity contribution is -0.117. The summed E-state index contributed by atoms with van der Waals surface area (Å²) in [4.78, 5) is 27.9. The van der Waals surface area contributed by atoms with Crippen molar-refractivity contribution in [1.29, 1.82) is 0 Å². The Labute approximate surface area is 171 Å². The summed E-state index contributed by atoms with van der Waals surface area (Å²) in [6.07, 6.45) is 1.46. The van der Waals surface area contributed by atoms with Gasteiger partial charge < -0.3 is 15.0 Å². The van der Waals surface area contributed by atoms with Crippen molar-refractivity contribution in [2.24, 2.45) is 0 Å². The fourth-order valence-corrected chi connectivity index (χ4v) is 5.01. The molecule has 2 saturated heterocycles. The van der Waals surface area contributed by atoms with E-state index >= 15 is 0 Å². The standard InChI is InChI=1S/C19H28N4O5S/c1-2-28-19(25)22-13-11-21(12-14-22)15-18(24)20-16-5-7-17(8-6-16)29(26,27)23-9-3-4-10-23/h5-8H,2-4,9-15H2,1H3,(H,20,24). The highest BCUT2D eigenvalue weighted by Crippen LogP contribution is 2.22. The zero-order valence-electron chi connectivity index (χ0n) is 16.7. The summed E-state index contributed by atoms with van der Waals surface area (Å²) in [5.74, 6) is -0.176. The summed E-state index contributed by atoms with van der Waals surface area (Å²) >= 11 is 0. The number of carbonyl (C=O) groups excluding carboxylic acids is 2. The van der Waals surface area contributed by atoms with Gasteiger partial charge in [-0.1, -0.05) is 0 Å². The van der Waals surface area contributed by atoms with Gasteiger partial charge in [0.2, 0.25) is 15.9 Å². The topological polar surface area (TPSA) is 99.3 Å². The highest BCUT2D eigenvalue weighted by Gasteiger charge is 2.27. The first-order chi connectivity index (χ1) is 13.9. The van der Waals surface area contributed by atoms with Crippen LogP contribution in [0.5, 0.6) is 0 Å². The number of hydrogen-bond donors (Lipinski definition) is 1. The fourth-order valence-electron chi connectivity index (χ4n) is 3.49. The van der Waals surface area contributed by atoms with Crippen molar-refractivity contribution in [2.45, 2.75) is 24.7 Å². The van der Waals surface area contributed by atoms with Crippen LogP contribution in [0.1, 0.15) is 19.8 Å². The van der Waals surface area contributed by atoms with E-state index in [0.717, 1.165) is 12.8 Å². The number of nitrogens with one attached hydrogen (secondary N) is 1. The molecule has 2 heterocycles. The van der Waals surface area contributed by atoms with Crippen molar-refractivity contribution in [1.82, 2.24) is 14.1 Å². The highest BCUT2D eigenvalue weighted by atomic mass is 32.2. The summed E-state index contributed by atoms with van der Waals surface area (Å²) < 4.78 is 31.6. The van der Waals surface area contributed by atoms with Crippen molar-refractivity contribution in [3.05, 3.63) is 24.3 Å².